The van der Waals surface area contributed by atoms with E-state index in [1.807, 2.05) is 12.1 Å². The molecule has 3 nitrogen and oxygen atoms in total. The van der Waals surface area contributed by atoms with Crippen molar-refractivity contribution < 1.29 is 9.47 Å². The fourth-order valence-corrected chi connectivity index (χ4v) is 2.18. The third-order valence-corrected chi connectivity index (χ3v) is 3.01. The summed E-state index contributed by atoms with van der Waals surface area (Å²) in [7, 11) is 1.68. The third kappa shape index (κ3) is 0.960. The molecule has 0 amide bonds. The van der Waals surface area contributed by atoms with Gasteiger partial charge in [0.05, 0.1) is 7.11 Å². The largest absolute Gasteiger partial charge is 0.493 e. The third-order valence-electron chi connectivity index (χ3n) is 3.01. The first kappa shape index (κ1) is 8.12. The maximum absolute atomic E-state index is 5.96. The van der Waals surface area contributed by atoms with Crippen LogP contribution in [0.2, 0.25) is 0 Å². The first-order valence-corrected chi connectivity index (χ1v) is 4.89. The van der Waals surface area contributed by atoms with Crippen LogP contribution in [-0.4, -0.2) is 25.8 Å². The van der Waals surface area contributed by atoms with E-state index in [-0.39, 0.29) is 5.60 Å². The second-order valence-electron chi connectivity index (χ2n) is 4.01. The van der Waals surface area contributed by atoms with Crippen LogP contribution in [0.5, 0.6) is 11.5 Å². The van der Waals surface area contributed by atoms with E-state index in [0.717, 1.165) is 31.0 Å². The lowest BCUT2D eigenvalue weighted by Gasteiger charge is -2.38. The Morgan fingerprint density at radius 3 is 2.93 bits per heavy atom. The molecular weight excluding hydrogens is 178 g/mol. The summed E-state index contributed by atoms with van der Waals surface area (Å²) >= 11 is 0. The van der Waals surface area contributed by atoms with Gasteiger partial charge in [0.25, 0.3) is 0 Å². The van der Waals surface area contributed by atoms with Gasteiger partial charge in [0.15, 0.2) is 11.5 Å². The van der Waals surface area contributed by atoms with Crippen LogP contribution in [0.3, 0.4) is 0 Å². The molecule has 0 atom stereocenters. The first-order chi connectivity index (χ1) is 6.83. The predicted molar refractivity (Wildman–Crippen MR) is 52.9 cm³/mol. The van der Waals surface area contributed by atoms with Gasteiger partial charge in [-0.1, -0.05) is 12.1 Å². The summed E-state index contributed by atoms with van der Waals surface area (Å²) < 4.78 is 11.2. The molecule has 1 spiro atoms. The van der Waals surface area contributed by atoms with Crippen molar-refractivity contribution in [2.24, 2.45) is 0 Å². The highest BCUT2D eigenvalue weighted by atomic mass is 16.5. The molecule has 1 aromatic carbocycles. The molecule has 1 N–H and O–H groups in total. The highest BCUT2D eigenvalue weighted by Crippen LogP contribution is 2.43. The molecule has 0 bridgehead atoms. The number of rotatable bonds is 1. The quantitative estimate of drug-likeness (QED) is 0.717. The Labute approximate surface area is 83.0 Å². The monoisotopic (exact) mass is 191 g/mol. The molecular formula is C11H13NO2. The Morgan fingerprint density at radius 1 is 1.43 bits per heavy atom. The molecule has 3 rings (SSSR count). The van der Waals surface area contributed by atoms with Crippen molar-refractivity contribution in [3.05, 3.63) is 23.8 Å². The van der Waals surface area contributed by atoms with E-state index in [4.69, 9.17) is 9.47 Å². The second-order valence-corrected chi connectivity index (χ2v) is 4.01. The number of fused-ring (bicyclic) bond motifs is 1. The second kappa shape index (κ2) is 2.64. The number of hydrogen-bond acceptors (Lipinski definition) is 3. The van der Waals surface area contributed by atoms with Crippen molar-refractivity contribution >= 4 is 0 Å². The van der Waals surface area contributed by atoms with Gasteiger partial charge in [0, 0.05) is 25.1 Å². The minimum absolute atomic E-state index is 0.0248. The van der Waals surface area contributed by atoms with Gasteiger partial charge in [0.2, 0.25) is 0 Å². The van der Waals surface area contributed by atoms with Gasteiger partial charge >= 0.3 is 0 Å². The molecule has 3 heteroatoms. The minimum Gasteiger partial charge on any atom is -0.493 e. The minimum atomic E-state index is 0.0248. The van der Waals surface area contributed by atoms with Crippen LogP contribution in [0.1, 0.15) is 5.56 Å². The standard InChI is InChI=1S/C11H13NO2/c1-13-9-4-2-3-8-5-11(6-12-7-11)14-10(8)9/h2-4,12H,5-7H2,1H3. The Hall–Kier alpha value is -1.22. The van der Waals surface area contributed by atoms with Crippen molar-refractivity contribution in [1.82, 2.24) is 5.32 Å². The molecule has 2 heterocycles. The van der Waals surface area contributed by atoms with E-state index in [2.05, 4.69) is 11.4 Å². The summed E-state index contributed by atoms with van der Waals surface area (Å²) in [4.78, 5) is 0. The normalized spacial score (nSPS) is 21.2. The topological polar surface area (TPSA) is 30.5 Å². The average molecular weight is 191 g/mol. The number of ether oxygens (including phenoxy) is 2. The highest BCUT2D eigenvalue weighted by Gasteiger charge is 2.45. The maximum Gasteiger partial charge on any atom is 0.165 e. The summed E-state index contributed by atoms with van der Waals surface area (Å²) in [6, 6.07) is 6.08. The van der Waals surface area contributed by atoms with Gasteiger partial charge < -0.3 is 14.8 Å². The SMILES string of the molecule is COc1cccc2c1OC1(CNC1)C2. The molecule has 0 saturated carbocycles. The van der Waals surface area contributed by atoms with E-state index in [1.165, 1.54) is 5.56 Å². The van der Waals surface area contributed by atoms with E-state index < -0.39 is 0 Å². The molecule has 0 unspecified atom stereocenters. The van der Waals surface area contributed by atoms with Gasteiger partial charge in [-0.2, -0.15) is 0 Å². The maximum atomic E-state index is 5.96. The van der Waals surface area contributed by atoms with E-state index in [9.17, 15) is 0 Å². The number of para-hydroxylation sites is 1. The van der Waals surface area contributed by atoms with Crippen LogP contribution in [0.25, 0.3) is 0 Å². The number of benzene rings is 1. The van der Waals surface area contributed by atoms with Gasteiger partial charge in [0.1, 0.15) is 5.60 Å². The fraction of sp³-hybridized carbons (Fsp3) is 0.455. The van der Waals surface area contributed by atoms with Crippen molar-refractivity contribution in [1.29, 1.82) is 0 Å². The van der Waals surface area contributed by atoms with Gasteiger partial charge in [-0.3, -0.25) is 0 Å². The van der Waals surface area contributed by atoms with Crippen molar-refractivity contribution in [2.45, 2.75) is 12.0 Å². The van der Waals surface area contributed by atoms with E-state index in [1.54, 1.807) is 7.11 Å². The molecule has 2 aliphatic rings. The Morgan fingerprint density at radius 2 is 2.29 bits per heavy atom. The first-order valence-electron chi connectivity index (χ1n) is 4.89. The van der Waals surface area contributed by atoms with Gasteiger partial charge in [-0.25, -0.2) is 0 Å². The number of nitrogens with one attached hydrogen (secondary N) is 1. The number of methoxy groups -OCH3 is 1. The van der Waals surface area contributed by atoms with Crippen LogP contribution >= 0.6 is 0 Å². The molecule has 0 radical (unpaired) electrons. The lowest BCUT2D eigenvalue weighted by atomic mass is 9.91. The highest BCUT2D eigenvalue weighted by molar-refractivity contribution is 5.51. The Balaban J connectivity index is 2.00. The Bertz CT molecular complexity index is 372. The van der Waals surface area contributed by atoms with Gasteiger partial charge in [-0.15, -0.1) is 0 Å². The lowest BCUT2D eigenvalue weighted by Crippen LogP contribution is -2.62. The average Bonchev–Trinajstić information content (AvgIpc) is 2.55. The van der Waals surface area contributed by atoms with Gasteiger partial charge in [-0.05, 0) is 6.07 Å². The van der Waals surface area contributed by atoms with Crippen LogP contribution < -0.4 is 14.8 Å². The molecule has 1 fully saturated rings. The van der Waals surface area contributed by atoms with Crippen molar-refractivity contribution in [2.75, 3.05) is 20.2 Å². The molecule has 0 aliphatic carbocycles. The summed E-state index contributed by atoms with van der Waals surface area (Å²) in [6.45, 7) is 1.90. The van der Waals surface area contributed by atoms with Crippen LogP contribution in [-0.2, 0) is 6.42 Å². The van der Waals surface area contributed by atoms with E-state index >= 15 is 0 Å². The molecule has 74 valence electrons. The fourth-order valence-electron chi connectivity index (χ4n) is 2.18. The van der Waals surface area contributed by atoms with E-state index in [0.29, 0.717) is 0 Å². The smallest absolute Gasteiger partial charge is 0.165 e. The molecule has 1 aromatic rings. The molecule has 1 saturated heterocycles. The predicted octanol–water partition coefficient (Wildman–Crippen LogP) is 0.972. The number of hydrogen-bond donors (Lipinski definition) is 1. The summed E-state index contributed by atoms with van der Waals surface area (Å²) in [6.07, 6.45) is 1.01. The zero-order chi connectivity index (χ0) is 9.60. The lowest BCUT2D eigenvalue weighted by molar-refractivity contribution is 0.0366. The van der Waals surface area contributed by atoms with Crippen LogP contribution in [0.15, 0.2) is 18.2 Å². The zero-order valence-electron chi connectivity index (χ0n) is 8.17. The molecule has 14 heavy (non-hydrogen) atoms. The molecule has 2 aliphatic heterocycles. The zero-order valence-corrected chi connectivity index (χ0v) is 8.17. The van der Waals surface area contributed by atoms with Crippen LogP contribution in [0, 0.1) is 0 Å². The summed E-state index contributed by atoms with van der Waals surface area (Å²) in [5, 5.41) is 3.25. The summed E-state index contributed by atoms with van der Waals surface area (Å²) in [5.41, 5.74) is 1.29. The Kier molecular flexibility index (Phi) is 1.53. The van der Waals surface area contributed by atoms with Crippen molar-refractivity contribution in [3.63, 3.8) is 0 Å². The van der Waals surface area contributed by atoms with Crippen molar-refractivity contribution in [3.8, 4) is 11.5 Å². The van der Waals surface area contributed by atoms with Crippen LogP contribution in [0.4, 0.5) is 0 Å². The summed E-state index contributed by atoms with van der Waals surface area (Å²) in [5.74, 6) is 1.79. The molecule has 0 aromatic heterocycles.